The lowest BCUT2D eigenvalue weighted by Crippen LogP contribution is -2.27. The van der Waals surface area contributed by atoms with Crippen molar-refractivity contribution < 1.29 is 4.70 Å². The Balaban J connectivity index is 2.19. The predicted octanol–water partition coefficient (Wildman–Crippen LogP) is 2.24. The molecular weight excluding hydrogens is 186 g/mol. The standard InChI is InChI=1S/C12H22N3/c1-12(2,3)15-9-10-8-14(4)7-5-6-11(10)13-15/h9,11H,5-8H2,1-4H3/q+1. The van der Waals surface area contributed by atoms with Gasteiger partial charge in [-0.1, -0.05) is 4.70 Å². The van der Waals surface area contributed by atoms with Crippen LogP contribution in [-0.2, 0) is 0 Å². The molecule has 0 aliphatic carbocycles. The molecule has 2 heterocycles. The zero-order valence-electron chi connectivity index (χ0n) is 10.3. The van der Waals surface area contributed by atoms with Gasteiger partial charge < -0.3 is 4.90 Å². The van der Waals surface area contributed by atoms with Gasteiger partial charge in [0.05, 0.1) is 0 Å². The van der Waals surface area contributed by atoms with Gasteiger partial charge in [-0.15, -0.1) is 0 Å². The van der Waals surface area contributed by atoms with Crippen LogP contribution in [0.3, 0.4) is 0 Å². The summed E-state index contributed by atoms with van der Waals surface area (Å²) in [5, 5.41) is 4.79. The number of likely N-dealkylation sites (tertiary alicyclic amines) is 1. The summed E-state index contributed by atoms with van der Waals surface area (Å²) < 4.78 is 2.14. The Morgan fingerprint density at radius 3 is 2.87 bits per heavy atom. The molecule has 0 spiro atoms. The van der Waals surface area contributed by atoms with E-state index in [0.717, 1.165) is 6.54 Å². The van der Waals surface area contributed by atoms with Crippen molar-refractivity contribution in [2.75, 3.05) is 20.1 Å². The van der Waals surface area contributed by atoms with Gasteiger partial charge in [-0.25, -0.2) is 0 Å². The molecule has 0 N–H and O–H groups in total. The van der Waals surface area contributed by atoms with Crippen LogP contribution in [0.1, 0.15) is 33.6 Å². The minimum Gasteiger partial charge on any atom is -0.302 e. The zero-order chi connectivity index (χ0) is 11.1. The molecule has 1 saturated heterocycles. The zero-order valence-corrected chi connectivity index (χ0v) is 10.3. The van der Waals surface area contributed by atoms with Crippen LogP contribution in [-0.4, -0.2) is 41.3 Å². The smallest absolute Gasteiger partial charge is 0.199 e. The molecule has 1 unspecified atom stereocenters. The number of likely N-dealkylation sites (N-methyl/N-ethyl adjacent to an activating group) is 1. The number of fused-ring (bicyclic) bond motifs is 1. The second kappa shape index (κ2) is 3.71. The first-order valence-electron chi connectivity index (χ1n) is 5.86. The average molecular weight is 208 g/mol. The molecular formula is C12H22N3+. The van der Waals surface area contributed by atoms with E-state index in [1.807, 2.05) is 0 Å². The monoisotopic (exact) mass is 208 g/mol. The van der Waals surface area contributed by atoms with Crippen LogP contribution >= 0.6 is 0 Å². The second-order valence-corrected chi connectivity index (χ2v) is 5.73. The Bertz CT molecular complexity index is 309. The summed E-state index contributed by atoms with van der Waals surface area (Å²) in [6.45, 7) is 8.92. The maximum absolute atomic E-state index is 4.79. The highest BCUT2D eigenvalue weighted by molar-refractivity contribution is 5.13. The van der Waals surface area contributed by atoms with Crippen molar-refractivity contribution in [2.45, 2.75) is 45.2 Å². The van der Waals surface area contributed by atoms with E-state index in [2.05, 4.69) is 43.6 Å². The van der Waals surface area contributed by atoms with Crippen LogP contribution in [0, 0.1) is 0 Å². The molecule has 0 bridgehead atoms. The Hall–Kier alpha value is -0.700. The number of rotatable bonds is 0. The van der Waals surface area contributed by atoms with Gasteiger partial charge in [-0.2, -0.15) is 0 Å². The summed E-state index contributed by atoms with van der Waals surface area (Å²) >= 11 is 0. The first-order chi connectivity index (χ1) is 6.97. The summed E-state index contributed by atoms with van der Waals surface area (Å²) in [5.74, 6) is 0. The van der Waals surface area contributed by atoms with Gasteiger partial charge in [0.15, 0.2) is 11.7 Å². The van der Waals surface area contributed by atoms with E-state index in [4.69, 9.17) is 5.11 Å². The molecule has 0 aromatic rings. The van der Waals surface area contributed by atoms with Gasteiger partial charge in [-0.3, -0.25) is 0 Å². The van der Waals surface area contributed by atoms with Gasteiger partial charge in [0.25, 0.3) is 0 Å². The molecule has 1 atom stereocenters. The highest BCUT2D eigenvalue weighted by Crippen LogP contribution is 2.26. The van der Waals surface area contributed by atoms with Gasteiger partial charge in [0.1, 0.15) is 6.04 Å². The largest absolute Gasteiger partial charge is 0.302 e. The lowest BCUT2D eigenvalue weighted by molar-refractivity contribution is -0.595. The third-order valence-corrected chi connectivity index (χ3v) is 3.14. The fourth-order valence-electron chi connectivity index (χ4n) is 2.20. The molecule has 2 aliphatic heterocycles. The fraction of sp³-hybridized carbons (Fsp3) is 0.833. The van der Waals surface area contributed by atoms with Gasteiger partial charge in [0, 0.05) is 32.9 Å². The topological polar surface area (TPSA) is 18.6 Å². The fourth-order valence-corrected chi connectivity index (χ4v) is 2.20. The van der Waals surface area contributed by atoms with E-state index in [1.165, 1.54) is 25.0 Å². The Labute approximate surface area is 92.5 Å². The molecule has 0 saturated carbocycles. The Morgan fingerprint density at radius 2 is 2.20 bits per heavy atom. The maximum Gasteiger partial charge on any atom is 0.199 e. The molecule has 0 amide bonds. The summed E-state index contributed by atoms with van der Waals surface area (Å²) in [5.41, 5.74) is 1.61. The van der Waals surface area contributed by atoms with E-state index < -0.39 is 0 Å². The van der Waals surface area contributed by atoms with Gasteiger partial charge in [0.2, 0.25) is 0 Å². The lowest BCUT2D eigenvalue weighted by Gasteiger charge is -2.12. The Morgan fingerprint density at radius 1 is 1.47 bits per heavy atom. The third-order valence-electron chi connectivity index (χ3n) is 3.14. The molecule has 0 aromatic heterocycles. The first-order valence-corrected chi connectivity index (χ1v) is 5.86. The quantitative estimate of drug-likeness (QED) is 0.559. The van der Waals surface area contributed by atoms with Crippen molar-refractivity contribution in [1.29, 1.82) is 0 Å². The molecule has 84 valence electrons. The maximum atomic E-state index is 4.79. The normalized spacial score (nSPS) is 28.1. The van der Waals surface area contributed by atoms with E-state index in [1.54, 1.807) is 0 Å². The number of hydrogen-bond donors (Lipinski definition) is 0. The minimum absolute atomic E-state index is 0.123. The van der Waals surface area contributed by atoms with Crippen LogP contribution in [0.15, 0.2) is 16.9 Å². The SMILES string of the molecule is CN1CCCC2N=[N+](C(C)(C)C)C=C2C1. The van der Waals surface area contributed by atoms with E-state index in [0.29, 0.717) is 6.04 Å². The van der Waals surface area contributed by atoms with Crippen molar-refractivity contribution in [3.05, 3.63) is 11.8 Å². The van der Waals surface area contributed by atoms with Gasteiger partial charge >= 0.3 is 0 Å². The second-order valence-electron chi connectivity index (χ2n) is 5.73. The van der Waals surface area contributed by atoms with Crippen molar-refractivity contribution in [2.24, 2.45) is 5.11 Å². The number of hydrogen-bond acceptors (Lipinski definition) is 2. The van der Waals surface area contributed by atoms with Crippen molar-refractivity contribution >= 4 is 0 Å². The van der Waals surface area contributed by atoms with Crippen LogP contribution < -0.4 is 0 Å². The highest BCUT2D eigenvalue weighted by Gasteiger charge is 2.35. The number of nitrogens with zero attached hydrogens (tertiary/aromatic N) is 3. The van der Waals surface area contributed by atoms with Crippen LogP contribution in [0.4, 0.5) is 0 Å². The summed E-state index contributed by atoms with van der Waals surface area (Å²) in [6.07, 6.45) is 4.73. The summed E-state index contributed by atoms with van der Waals surface area (Å²) in [6, 6.07) is 0.453. The van der Waals surface area contributed by atoms with E-state index in [9.17, 15) is 0 Å². The minimum atomic E-state index is 0.123. The van der Waals surface area contributed by atoms with Gasteiger partial charge in [-0.05, 0) is 31.5 Å². The third kappa shape index (κ3) is 2.28. The molecule has 0 aromatic carbocycles. The van der Waals surface area contributed by atoms with Crippen molar-refractivity contribution in [3.8, 4) is 0 Å². The van der Waals surface area contributed by atoms with Crippen LogP contribution in [0.2, 0.25) is 0 Å². The summed E-state index contributed by atoms with van der Waals surface area (Å²) in [4.78, 5) is 2.40. The van der Waals surface area contributed by atoms with Crippen LogP contribution in [0.25, 0.3) is 0 Å². The molecule has 2 rings (SSSR count). The molecule has 0 radical (unpaired) electrons. The van der Waals surface area contributed by atoms with Crippen molar-refractivity contribution in [1.82, 2.24) is 4.90 Å². The van der Waals surface area contributed by atoms with Crippen LogP contribution in [0.5, 0.6) is 0 Å². The first kappa shape index (κ1) is 10.8. The molecule has 15 heavy (non-hydrogen) atoms. The highest BCUT2D eigenvalue weighted by atomic mass is 15.3. The Kier molecular flexibility index (Phi) is 2.67. The predicted molar refractivity (Wildman–Crippen MR) is 61.0 cm³/mol. The van der Waals surface area contributed by atoms with Crippen molar-refractivity contribution in [3.63, 3.8) is 0 Å². The number of azo groups is 2. The van der Waals surface area contributed by atoms with E-state index >= 15 is 0 Å². The molecule has 3 nitrogen and oxygen atoms in total. The average Bonchev–Trinajstić information content (AvgIpc) is 2.41. The molecule has 3 heteroatoms. The molecule has 2 aliphatic rings. The molecule has 1 fully saturated rings. The van der Waals surface area contributed by atoms with E-state index in [-0.39, 0.29) is 5.54 Å². The lowest BCUT2D eigenvalue weighted by atomic mass is 10.1. The summed E-state index contributed by atoms with van der Waals surface area (Å²) in [7, 11) is 2.20.